The molecule has 0 N–H and O–H groups in total. The van der Waals surface area contributed by atoms with E-state index in [4.69, 9.17) is 14.1 Å². The molecule has 0 atom stereocenters. The average molecular weight is 443 g/mol. The number of alkyl halides is 3. The summed E-state index contributed by atoms with van der Waals surface area (Å²) in [5.74, 6) is 0.284. The number of carbonyl (C=O) groups excluding carboxylic acids is 1. The van der Waals surface area contributed by atoms with Gasteiger partial charge in [0.05, 0.1) is 29.3 Å². The van der Waals surface area contributed by atoms with E-state index in [1.54, 1.807) is 18.2 Å². The van der Waals surface area contributed by atoms with Gasteiger partial charge in [-0.05, 0) is 56.3 Å². The Bertz CT molecular complexity index is 1330. The second-order valence-corrected chi connectivity index (χ2v) is 7.66. The van der Waals surface area contributed by atoms with E-state index in [0.29, 0.717) is 44.8 Å². The van der Waals surface area contributed by atoms with Crippen molar-refractivity contribution in [1.82, 2.24) is 9.97 Å². The van der Waals surface area contributed by atoms with Crippen molar-refractivity contribution in [2.45, 2.75) is 26.1 Å². The maximum Gasteiger partial charge on any atom is 0.416 e. The Morgan fingerprint density at radius 3 is 2.47 bits per heavy atom. The minimum absolute atomic E-state index is 0.0468. The number of carbonyl (C=O) groups is 1. The molecule has 0 aliphatic heterocycles. The fourth-order valence-corrected chi connectivity index (χ4v) is 3.28. The SMILES string of the molecule is COC(=O)c1ccc2nc(-c3cc4cc(C(F)(F)F)ccc4o3)c(N(C)C(C)C)nc2c1. The van der Waals surface area contributed by atoms with Gasteiger partial charge in [-0.1, -0.05) is 0 Å². The van der Waals surface area contributed by atoms with Gasteiger partial charge in [-0.3, -0.25) is 0 Å². The molecule has 4 aromatic rings. The summed E-state index contributed by atoms with van der Waals surface area (Å²) in [6.45, 7) is 3.93. The van der Waals surface area contributed by atoms with Crippen molar-refractivity contribution < 1.29 is 27.1 Å². The Balaban J connectivity index is 1.91. The van der Waals surface area contributed by atoms with E-state index < -0.39 is 17.7 Å². The minimum Gasteiger partial charge on any atom is -0.465 e. The normalized spacial score (nSPS) is 12.0. The number of nitrogens with zero attached hydrogens (tertiary/aromatic N) is 3. The van der Waals surface area contributed by atoms with Crippen LogP contribution in [-0.4, -0.2) is 36.1 Å². The van der Waals surface area contributed by atoms with Crippen molar-refractivity contribution >= 4 is 33.8 Å². The summed E-state index contributed by atoms with van der Waals surface area (Å²) in [5, 5.41) is 0.316. The number of hydrogen-bond acceptors (Lipinski definition) is 6. The lowest BCUT2D eigenvalue weighted by molar-refractivity contribution is -0.137. The monoisotopic (exact) mass is 443 g/mol. The molecule has 0 saturated heterocycles. The third kappa shape index (κ3) is 3.86. The standard InChI is InChI=1S/C23H20F3N3O3/c1-12(2)29(3)21-20(27-16-7-5-13(22(30)31-4)10-17(16)28-21)19-11-14-9-15(23(24,25)26)6-8-18(14)32-19/h5-12H,1-4H3. The summed E-state index contributed by atoms with van der Waals surface area (Å²) in [6.07, 6.45) is -4.45. The number of halogens is 3. The highest BCUT2D eigenvalue weighted by atomic mass is 19.4. The van der Waals surface area contributed by atoms with E-state index in [1.165, 1.54) is 19.2 Å². The molecule has 0 amide bonds. The van der Waals surface area contributed by atoms with Gasteiger partial charge in [0.1, 0.15) is 11.3 Å². The summed E-state index contributed by atoms with van der Waals surface area (Å²) in [7, 11) is 3.13. The Kier molecular flexibility index (Phi) is 5.28. The molecule has 9 heteroatoms. The quantitative estimate of drug-likeness (QED) is 0.377. The number of rotatable bonds is 4. The molecule has 0 spiro atoms. The van der Waals surface area contributed by atoms with Crippen molar-refractivity contribution in [2.24, 2.45) is 0 Å². The largest absolute Gasteiger partial charge is 0.465 e. The fourth-order valence-electron chi connectivity index (χ4n) is 3.28. The topological polar surface area (TPSA) is 68.5 Å². The predicted molar refractivity (Wildman–Crippen MR) is 115 cm³/mol. The lowest BCUT2D eigenvalue weighted by atomic mass is 10.1. The zero-order chi connectivity index (χ0) is 23.2. The summed E-state index contributed by atoms with van der Waals surface area (Å²) < 4.78 is 49.9. The highest BCUT2D eigenvalue weighted by molar-refractivity contribution is 5.94. The van der Waals surface area contributed by atoms with Gasteiger partial charge in [0.15, 0.2) is 11.6 Å². The molecule has 0 unspecified atom stereocenters. The first kappa shape index (κ1) is 21.6. The van der Waals surface area contributed by atoms with E-state index >= 15 is 0 Å². The van der Waals surface area contributed by atoms with Gasteiger partial charge in [0, 0.05) is 18.5 Å². The van der Waals surface area contributed by atoms with Crippen LogP contribution in [0.15, 0.2) is 46.9 Å². The van der Waals surface area contributed by atoms with E-state index in [2.05, 4.69) is 4.98 Å². The molecule has 2 aromatic carbocycles. The summed E-state index contributed by atoms with van der Waals surface area (Å²) in [4.78, 5) is 23.1. The molecule has 32 heavy (non-hydrogen) atoms. The molecular weight excluding hydrogens is 423 g/mol. The first-order valence-corrected chi connectivity index (χ1v) is 9.82. The molecule has 4 rings (SSSR count). The number of anilines is 1. The number of hydrogen-bond donors (Lipinski definition) is 0. The van der Waals surface area contributed by atoms with Crippen LogP contribution in [0.25, 0.3) is 33.5 Å². The van der Waals surface area contributed by atoms with E-state index in [-0.39, 0.29) is 6.04 Å². The van der Waals surface area contributed by atoms with Gasteiger partial charge in [-0.15, -0.1) is 0 Å². The van der Waals surface area contributed by atoms with Gasteiger partial charge >= 0.3 is 12.1 Å². The van der Waals surface area contributed by atoms with Gasteiger partial charge in [0.25, 0.3) is 0 Å². The van der Waals surface area contributed by atoms with Gasteiger partial charge < -0.3 is 14.1 Å². The van der Waals surface area contributed by atoms with Crippen LogP contribution >= 0.6 is 0 Å². The number of methoxy groups -OCH3 is 1. The molecule has 0 radical (unpaired) electrons. The second kappa shape index (κ2) is 7.81. The van der Waals surface area contributed by atoms with Crippen molar-refractivity contribution in [1.29, 1.82) is 0 Å². The number of fused-ring (bicyclic) bond motifs is 2. The first-order chi connectivity index (χ1) is 15.1. The maximum atomic E-state index is 13.1. The number of aromatic nitrogens is 2. The molecule has 0 bridgehead atoms. The van der Waals surface area contributed by atoms with Crippen molar-refractivity contribution in [2.75, 3.05) is 19.1 Å². The lowest BCUT2D eigenvalue weighted by Crippen LogP contribution is -2.27. The Morgan fingerprint density at radius 1 is 1.06 bits per heavy atom. The summed E-state index contributed by atoms with van der Waals surface area (Å²) in [6, 6.07) is 9.71. The fraction of sp³-hybridized carbons (Fsp3) is 0.261. The molecule has 0 fully saturated rings. The highest BCUT2D eigenvalue weighted by Gasteiger charge is 2.31. The van der Waals surface area contributed by atoms with Crippen LogP contribution in [0.2, 0.25) is 0 Å². The number of esters is 1. The molecule has 6 nitrogen and oxygen atoms in total. The molecule has 2 aromatic heterocycles. The molecular formula is C23H20F3N3O3. The number of benzene rings is 2. The van der Waals surface area contributed by atoms with Crippen molar-refractivity contribution in [3.8, 4) is 11.5 Å². The molecule has 166 valence electrons. The van der Waals surface area contributed by atoms with Crippen LogP contribution in [0.4, 0.5) is 19.0 Å². The highest BCUT2D eigenvalue weighted by Crippen LogP contribution is 2.37. The van der Waals surface area contributed by atoms with E-state index in [1.807, 2.05) is 25.8 Å². The molecule has 0 aliphatic carbocycles. The third-order valence-electron chi connectivity index (χ3n) is 5.25. The van der Waals surface area contributed by atoms with Crippen molar-refractivity contribution in [3.63, 3.8) is 0 Å². The van der Waals surface area contributed by atoms with Gasteiger partial charge in [-0.25, -0.2) is 14.8 Å². The van der Waals surface area contributed by atoms with Crippen LogP contribution in [0.3, 0.4) is 0 Å². The smallest absolute Gasteiger partial charge is 0.416 e. The number of ether oxygens (including phenoxy) is 1. The summed E-state index contributed by atoms with van der Waals surface area (Å²) >= 11 is 0. The zero-order valence-electron chi connectivity index (χ0n) is 17.8. The van der Waals surface area contributed by atoms with E-state index in [0.717, 1.165) is 12.1 Å². The number of furan rings is 1. The van der Waals surface area contributed by atoms with Gasteiger partial charge in [-0.2, -0.15) is 13.2 Å². The van der Waals surface area contributed by atoms with E-state index in [9.17, 15) is 18.0 Å². The summed E-state index contributed by atoms with van der Waals surface area (Å²) in [5.41, 5.74) is 1.28. The Morgan fingerprint density at radius 2 is 1.81 bits per heavy atom. The first-order valence-electron chi connectivity index (χ1n) is 9.82. The molecule has 0 saturated carbocycles. The minimum atomic E-state index is -4.45. The Hall–Kier alpha value is -3.62. The van der Waals surface area contributed by atoms with Crippen LogP contribution < -0.4 is 4.90 Å². The van der Waals surface area contributed by atoms with Crippen LogP contribution in [0.1, 0.15) is 29.8 Å². The zero-order valence-corrected chi connectivity index (χ0v) is 17.8. The van der Waals surface area contributed by atoms with Crippen LogP contribution in [0.5, 0.6) is 0 Å². The van der Waals surface area contributed by atoms with Gasteiger partial charge in [0.2, 0.25) is 0 Å². The Labute approximate surface area is 181 Å². The molecule has 0 aliphatic rings. The molecule has 2 heterocycles. The van der Waals surface area contributed by atoms with Crippen LogP contribution in [-0.2, 0) is 10.9 Å². The third-order valence-corrected chi connectivity index (χ3v) is 5.25. The predicted octanol–water partition coefficient (Wildman–Crippen LogP) is 5.69. The average Bonchev–Trinajstić information content (AvgIpc) is 3.19. The second-order valence-electron chi connectivity index (χ2n) is 7.66. The maximum absolute atomic E-state index is 13.1. The lowest BCUT2D eigenvalue weighted by Gasteiger charge is -2.24. The van der Waals surface area contributed by atoms with Crippen LogP contribution in [0, 0.1) is 0 Å². The van der Waals surface area contributed by atoms with Crippen molar-refractivity contribution in [3.05, 3.63) is 53.6 Å².